The maximum Gasteiger partial charge on any atom is 0.320 e. The number of carboxylic acid groups (broad SMARTS) is 1. The minimum atomic E-state index is -0.784. The van der Waals surface area contributed by atoms with Crippen LogP contribution in [0.4, 0.5) is 4.39 Å². The zero-order valence-electron chi connectivity index (χ0n) is 9.53. The first-order chi connectivity index (χ1) is 8.15. The summed E-state index contributed by atoms with van der Waals surface area (Å²) in [4.78, 5) is 10.9. The second-order valence-corrected chi connectivity index (χ2v) is 4.52. The van der Waals surface area contributed by atoms with Gasteiger partial charge in [-0.25, -0.2) is 4.39 Å². The van der Waals surface area contributed by atoms with E-state index in [1.807, 2.05) is 0 Å². The van der Waals surface area contributed by atoms with Crippen LogP contribution in [0.5, 0.6) is 0 Å². The molecule has 0 amide bonds. The van der Waals surface area contributed by atoms with Crippen LogP contribution in [-0.4, -0.2) is 23.2 Å². The molecule has 4 heteroatoms. The summed E-state index contributed by atoms with van der Waals surface area (Å²) in [6.07, 6.45) is 3.34. The molecule has 0 aromatic heterocycles. The Kier molecular flexibility index (Phi) is 3.74. The first-order valence-electron chi connectivity index (χ1n) is 5.88. The van der Waals surface area contributed by atoms with E-state index in [1.54, 1.807) is 12.1 Å². The van der Waals surface area contributed by atoms with E-state index in [9.17, 15) is 9.18 Å². The Bertz CT molecular complexity index is 391. The van der Waals surface area contributed by atoms with Crippen LogP contribution in [0.2, 0.25) is 0 Å². The van der Waals surface area contributed by atoms with Gasteiger partial charge in [0.2, 0.25) is 0 Å². The minimum absolute atomic E-state index is 0.176. The van der Waals surface area contributed by atoms with Gasteiger partial charge in [-0.3, -0.25) is 4.79 Å². The highest BCUT2D eigenvalue weighted by Crippen LogP contribution is 2.17. The van der Waals surface area contributed by atoms with Crippen molar-refractivity contribution in [3.8, 4) is 0 Å². The Morgan fingerprint density at radius 2 is 2.06 bits per heavy atom. The summed E-state index contributed by atoms with van der Waals surface area (Å²) in [6.45, 7) is 0. The van der Waals surface area contributed by atoms with Gasteiger partial charge in [0.05, 0.1) is 0 Å². The largest absolute Gasteiger partial charge is 0.480 e. The molecule has 0 bridgehead atoms. The molecule has 1 heterocycles. The average molecular weight is 237 g/mol. The monoisotopic (exact) mass is 237 g/mol. The van der Waals surface area contributed by atoms with Crippen LogP contribution in [0.1, 0.15) is 24.8 Å². The highest BCUT2D eigenvalue weighted by molar-refractivity contribution is 5.73. The van der Waals surface area contributed by atoms with E-state index in [0.717, 1.165) is 24.8 Å². The predicted molar refractivity (Wildman–Crippen MR) is 62.3 cm³/mol. The normalized spacial score (nSPS) is 24.5. The maximum absolute atomic E-state index is 12.7. The third kappa shape index (κ3) is 3.27. The molecule has 1 aliphatic rings. The Balaban J connectivity index is 1.94. The molecule has 2 N–H and O–H groups in total. The van der Waals surface area contributed by atoms with Crippen molar-refractivity contribution in [1.29, 1.82) is 0 Å². The number of rotatable bonds is 3. The van der Waals surface area contributed by atoms with Gasteiger partial charge in [0.25, 0.3) is 0 Å². The molecule has 0 radical (unpaired) electrons. The van der Waals surface area contributed by atoms with Gasteiger partial charge < -0.3 is 10.4 Å². The first kappa shape index (κ1) is 12.0. The summed E-state index contributed by atoms with van der Waals surface area (Å²) in [5.41, 5.74) is 1.04. The van der Waals surface area contributed by atoms with Crippen molar-refractivity contribution >= 4 is 5.97 Å². The topological polar surface area (TPSA) is 49.3 Å². The van der Waals surface area contributed by atoms with Crippen molar-refractivity contribution in [2.45, 2.75) is 37.8 Å². The second-order valence-electron chi connectivity index (χ2n) is 4.52. The summed E-state index contributed by atoms with van der Waals surface area (Å²) < 4.78 is 12.7. The molecule has 2 rings (SSSR count). The molecule has 1 aromatic rings. The summed E-state index contributed by atoms with van der Waals surface area (Å²) in [5, 5.41) is 12.1. The van der Waals surface area contributed by atoms with E-state index in [1.165, 1.54) is 12.1 Å². The molecule has 0 spiro atoms. The van der Waals surface area contributed by atoms with E-state index < -0.39 is 12.0 Å². The molecule has 1 aromatic carbocycles. The fourth-order valence-electron chi connectivity index (χ4n) is 2.28. The number of carboxylic acids is 1. The van der Waals surface area contributed by atoms with Crippen molar-refractivity contribution in [3.05, 3.63) is 35.6 Å². The van der Waals surface area contributed by atoms with Crippen molar-refractivity contribution in [3.63, 3.8) is 0 Å². The van der Waals surface area contributed by atoms with Crippen LogP contribution in [0.15, 0.2) is 24.3 Å². The number of nitrogens with one attached hydrogen (secondary N) is 1. The number of carbonyl (C=O) groups is 1. The van der Waals surface area contributed by atoms with Gasteiger partial charge in [0.1, 0.15) is 11.9 Å². The molecule has 17 heavy (non-hydrogen) atoms. The van der Waals surface area contributed by atoms with Crippen molar-refractivity contribution in [2.75, 3.05) is 0 Å². The third-order valence-electron chi connectivity index (χ3n) is 3.18. The van der Waals surface area contributed by atoms with E-state index in [0.29, 0.717) is 6.42 Å². The SMILES string of the molecule is O=C(O)C1CCCC(Cc2ccc(F)cc2)N1. The van der Waals surface area contributed by atoms with Gasteiger partial charge in [-0.2, -0.15) is 0 Å². The summed E-state index contributed by atoms with van der Waals surface area (Å²) in [5.74, 6) is -1.03. The summed E-state index contributed by atoms with van der Waals surface area (Å²) in [7, 11) is 0. The molecule has 3 nitrogen and oxygen atoms in total. The molecule has 1 fully saturated rings. The zero-order valence-corrected chi connectivity index (χ0v) is 9.53. The highest BCUT2D eigenvalue weighted by Gasteiger charge is 2.25. The minimum Gasteiger partial charge on any atom is -0.480 e. The van der Waals surface area contributed by atoms with Gasteiger partial charge >= 0.3 is 5.97 Å². The van der Waals surface area contributed by atoms with Crippen LogP contribution in [0.3, 0.4) is 0 Å². The predicted octanol–water partition coefficient (Wildman–Crippen LogP) is 1.96. The van der Waals surface area contributed by atoms with Gasteiger partial charge in [-0.05, 0) is 43.4 Å². The van der Waals surface area contributed by atoms with Crippen molar-refractivity contribution in [2.24, 2.45) is 0 Å². The molecule has 0 saturated carbocycles. The second kappa shape index (κ2) is 5.27. The molecule has 0 aliphatic carbocycles. The lowest BCUT2D eigenvalue weighted by Gasteiger charge is -2.28. The molecular formula is C13H16FNO2. The third-order valence-corrected chi connectivity index (χ3v) is 3.18. The van der Waals surface area contributed by atoms with Gasteiger partial charge in [0.15, 0.2) is 0 Å². The van der Waals surface area contributed by atoms with Gasteiger partial charge in [0, 0.05) is 6.04 Å². The number of hydrogen-bond acceptors (Lipinski definition) is 2. The van der Waals surface area contributed by atoms with Crippen molar-refractivity contribution in [1.82, 2.24) is 5.32 Å². The van der Waals surface area contributed by atoms with E-state index in [-0.39, 0.29) is 11.9 Å². The maximum atomic E-state index is 12.7. The fourth-order valence-corrected chi connectivity index (χ4v) is 2.28. The molecule has 2 atom stereocenters. The lowest BCUT2D eigenvalue weighted by atomic mass is 9.94. The smallest absolute Gasteiger partial charge is 0.320 e. The van der Waals surface area contributed by atoms with E-state index in [2.05, 4.69) is 5.32 Å². The highest BCUT2D eigenvalue weighted by atomic mass is 19.1. The van der Waals surface area contributed by atoms with Crippen molar-refractivity contribution < 1.29 is 14.3 Å². The lowest BCUT2D eigenvalue weighted by Crippen LogP contribution is -2.47. The van der Waals surface area contributed by atoms with E-state index in [4.69, 9.17) is 5.11 Å². The number of piperidine rings is 1. The van der Waals surface area contributed by atoms with E-state index >= 15 is 0 Å². The van der Waals surface area contributed by atoms with Crippen LogP contribution in [0.25, 0.3) is 0 Å². The Morgan fingerprint density at radius 1 is 1.35 bits per heavy atom. The van der Waals surface area contributed by atoms with Gasteiger partial charge in [-0.15, -0.1) is 0 Å². The van der Waals surface area contributed by atoms with Crippen LogP contribution >= 0.6 is 0 Å². The van der Waals surface area contributed by atoms with Crippen LogP contribution < -0.4 is 5.32 Å². The fraction of sp³-hybridized carbons (Fsp3) is 0.462. The Labute approximate surface area is 99.7 Å². The number of aliphatic carboxylic acids is 1. The first-order valence-corrected chi connectivity index (χ1v) is 5.88. The number of halogens is 1. The van der Waals surface area contributed by atoms with Crippen LogP contribution in [-0.2, 0) is 11.2 Å². The Morgan fingerprint density at radius 3 is 2.71 bits per heavy atom. The zero-order chi connectivity index (χ0) is 12.3. The number of benzene rings is 1. The quantitative estimate of drug-likeness (QED) is 0.845. The molecule has 2 unspecified atom stereocenters. The number of hydrogen-bond donors (Lipinski definition) is 2. The average Bonchev–Trinajstić information content (AvgIpc) is 2.32. The summed E-state index contributed by atoms with van der Waals surface area (Å²) >= 11 is 0. The molecule has 1 aliphatic heterocycles. The standard InChI is InChI=1S/C13H16FNO2/c14-10-6-4-9(5-7-10)8-11-2-1-3-12(15-11)13(16)17/h4-7,11-12,15H,1-3,8H2,(H,16,17). The van der Waals surface area contributed by atoms with Crippen LogP contribution in [0, 0.1) is 5.82 Å². The summed E-state index contributed by atoms with van der Waals surface area (Å²) in [6, 6.07) is 6.12. The van der Waals surface area contributed by atoms with Gasteiger partial charge in [-0.1, -0.05) is 12.1 Å². The Hall–Kier alpha value is -1.42. The molecule has 1 saturated heterocycles. The lowest BCUT2D eigenvalue weighted by molar-refractivity contribution is -0.140. The molecule has 92 valence electrons. The molecular weight excluding hydrogens is 221 g/mol.